The van der Waals surface area contributed by atoms with Gasteiger partial charge in [0.15, 0.2) is 0 Å². The molecule has 1 N–H and O–H groups in total. The van der Waals surface area contributed by atoms with Crippen LogP contribution < -0.4 is 10.2 Å². The largest absolute Gasteiger partial charge is 0.417 e. The number of nitrogens with zero attached hydrogens (tertiary/aromatic N) is 5. The first-order valence-corrected chi connectivity index (χ1v) is 8.83. The lowest BCUT2D eigenvalue weighted by Gasteiger charge is -2.31. The fourth-order valence-electron chi connectivity index (χ4n) is 3.30. The van der Waals surface area contributed by atoms with E-state index in [1.807, 2.05) is 23.1 Å². The molecule has 9 heteroatoms. The highest BCUT2D eigenvalue weighted by atomic mass is 19.4. The molecule has 0 amide bonds. The van der Waals surface area contributed by atoms with E-state index in [0.717, 1.165) is 17.3 Å². The van der Waals surface area contributed by atoms with Crippen LogP contribution in [0.3, 0.4) is 0 Å². The van der Waals surface area contributed by atoms with Crippen LogP contribution in [0.15, 0.2) is 48.9 Å². The first kappa shape index (κ1) is 18.7. The van der Waals surface area contributed by atoms with Gasteiger partial charge in [0.25, 0.3) is 0 Å². The molecule has 0 atom stereocenters. The molecule has 6 nitrogen and oxygen atoms in total. The predicted molar refractivity (Wildman–Crippen MR) is 100 cm³/mol. The van der Waals surface area contributed by atoms with Crippen LogP contribution in [0.4, 0.5) is 30.5 Å². The maximum absolute atomic E-state index is 13.3. The van der Waals surface area contributed by atoms with Crippen molar-refractivity contribution in [2.45, 2.75) is 19.1 Å². The summed E-state index contributed by atoms with van der Waals surface area (Å²) in [6.45, 7) is 0.846. The van der Waals surface area contributed by atoms with Crippen molar-refractivity contribution < 1.29 is 13.2 Å². The van der Waals surface area contributed by atoms with E-state index in [1.54, 1.807) is 12.3 Å². The average Bonchev–Trinajstić information content (AvgIpc) is 2.73. The standard InChI is InChI=1S/C20H15F3N6/c21-20(22,23)16-9-14(5-4-13(16)10-24)29-8-6-15-17(11-29)26-12-27-19(15)28-18-3-1-2-7-25-18/h1-5,7,9,12H,6,8,11H2,(H,25,26,27,28). The molecule has 0 bridgehead atoms. The highest BCUT2D eigenvalue weighted by Gasteiger charge is 2.34. The van der Waals surface area contributed by atoms with E-state index in [0.29, 0.717) is 36.8 Å². The van der Waals surface area contributed by atoms with E-state index in [2.05, 4.69) is 20.3 Å². The number of halogens is 3. The molecule has 146 valence electrons. The Morgan fingerprint density at radius 1 is 1.10 bits per heavy atom. The number of pyridine rings is 1. The first-order valence-electron chi connectivity index (χ1n) is 8.83. The fourth-order valence-corrected chi connectivity index (χ4v) is 3.30. The second-order valence-electron chi connectivity index (χ2n) is 6.50. The zero-order chi connectivity index (χ0) is 20.4. The van der Waals surface area contributed by atoms with Crippen molar-refractivity contribution in [3.8, 4) is 6.07 Å². The van der Waals surface area contributed by atoms with E-state index in [4.69, 9.17) is 5.26 Å². The molecule has 0 radical (unpaired) electrons. The molecule has 0 saturated heterocycles. The highest BCUT2D eigenvalue weighted by Crippen LogP contribution is 2.36. The van der Waals surface area contributed by atoms with Gasteiger partial charge in [-0.25, -0.2) is 15.0 Å². The minimum atomic E-state index is -4.59. The number of anilines is 3. The average molecular weight is 396 g/mol. The lowest BCUT2D eigenvalue weighted by molar-refractivity contribution is -0.137. The summed E-state index contributed by atoms with van der Waals surface area (Å²) in [6.07, 6.45) is -0.933. The number of aromatic nitrogens is 3. The molecule has 1 aliphatic heterocycles. The topological polar surface area (TPSA) is 77.7 Å². The Kier molecular flexibility index (Phi) is 4.76. The predicted octanol–water partition coefficient (Wildman–Crippen LogP) is 4.07. The van der Waals surface area contributed by atoms with Crippen molar-refractivity contribution in [3.63, 3.8) is 0 Å². The second kappa shape index (κ2) is 7.39. The molecular weight excluding hydrogens is 381 g/mol. The number of alkyl halides is 3. The second-order valence-corrected chi connectivity index (χ2v) is 6.50. The molecule has 0 unspecified atom stereocenters. The molecule has 0 saturated carbocycles. The van der Waals surface area contributed by atoms with Crippen molar-refractivity contribution in [3.05, 3.63) is 71.3 Å². The zero-order valence-electron chi connectivity index (χ0n) is 15.1. The molecular formula is C20H15F3N6. The summed E-state index contributed by atoms with van der Waals surface area (Å²) in [5, 5.41) is 12.1. The summed E-state index contributed by atoms with van der Waals surface area (Å²) in [5.74, 6) is 1.29. The maximum atomic E-state index is 13.3. The molecule has 1 aromatic carbocycles. The summed E-state index contributed by atoms with van der Waals surface area (Å²) < 4.78 is 39.8. The minimum Gasteiger partial charge on any atom is -0.365 e. The molecule has 1 aliphatic rings. The number of hydrogen-bond acceptors (Lipinski definition) is 6. The van der Waals surface area contributed by atoms with Gasteiger partial charge in [0.2, 0.25) is 0 Å². The lowest BCUT2D eigenvalue weighted by Crippen LogP contribution is -2.32. The number of rotatable bonds is 3. The smallest absolute Gasteiger partial charge is 0.365 e. The van der Waals surface area contributed by atoms with E-state index in [1.165, 1.54) is 18.5 Å². The Morgan fingerprint density at radius 2 is 1.97 bits per heavy atom. The van der Waals surface area contributed by atoms with Crippen molar-refractivity contribution >= 4 is 17.3 Å². The van der Waals surface area contributed by atoms with Gasteiger partial charge in [0.1, 0.15) is 18.0 Å². The number of hydrogen-bond donors (Lipinski definition) is 1. The molecule has 2 aromatic heterocycles. The third-order valence-corrected chi connectivity index (χ3v) is 4.71. The summed E-state index contributed by atoms with van der Waals surface area (Å²) in [6, 6.07) is 10.9. The van der Waals surface area contributed by atoms with Crippen molar-refractivity contribution in [1.29, 1.82) is 5.26 Å². The number of nitriles is 1. The summed E-state index contributed by atoms with van der Waals surface area (Å²) >= 11 is 0. The first-order chi connectivity index (χ1) is 14.0. The number of benzene rings is 1. The van der Waals surface area contributed by atoms with Gasteiger partial charge in [0.05, 0.1) is 29.4 Å². The minimum absolute atomic E-state index is 0.345. The Labute approximate surface area is 164 Å². The summed E-state index contributed by atoms with van der Waals surface area (Å²) in [4.78, 5) is 14.6. The van der Waals surface area contributed by atoms with Gasteiger partial charge in [-0.05, 0) is 36.8 Å². The van der Waals surface area contributed by atoms with Crippen LogP contribution in [0.1, 0.15) is 22.4 Å². The van der Waals surface area contributed by atoms with Gasteiger partial charge in [-0.1, -0.05) is 6.07 Å². The third-order valence-electron chi connectivity index (χ3n) is 4.71. The SMILES string of the molecule is N#Cc1ccc(N2CCc3c(ncnc3Nc3ccccn3)C2)cc1C(F)(F)F. The summed E-state index contributed by atoms with van der Waals surface area (Å²) in [7, 11) is 0. The molecule has 4 rings (SSSR count). The number of nitrogens with one attached hydrogen (secondary N) is 1. The summed E-state index contributed by atoms with van der Waals surface area (Å²) in [5.41, 5.74) is 0.743. The van der Waals surface area contributed by atoms with Crippen LogP contribution in [0.25, 0.3) is 0 Å². The van der Waals surface area contributed by atoms with Gasteiger partial charge >= 0.3 is 6.18 Å². The van der Waals surface area contributed by atoms with Crippen molar-refractivity contribution in [1.82, 2.24) is 15.0 Å². The van der Waals surface area contributed by atoms with Crippen LogP contribution in [0.2, 0.25) is 0 Å². The van der Waals surface area contributed by atoms with Crippen molar-refractivity contribution in [2.75, 3.05) is 16.8 Å². The van der Waals surface area contributed by atoms with Gasteiger partial charge in [0, 0.05) is 24.0 Å². The molecule has 3 heterocycles. The molecule has 0 fully saturated rings. The molecule has 3 aromatic rings. The molecule has 29 heavy (non-hydrogen) atoms. The fraction of sp³-hybridized carbons (Fsp3) is 0.200. The molecule has 0 aliphatic carbocycles. The Bertz CT molecular complexity index is 1080. The van der Waals surface area contributed by atoms with Crippen LogP contribution in [-0.4, -0.2) is 21.5 Å². The van der Waals surface area contributed by atoms with E-state index in [-0.39, 0.29) is 5.56 Å². The van der Waals surface area contributed by atoms with E-state index >= 15 is 0 Å². The third kappa shape index (κ3) is 3.82. The van der Waals surface area contributed by atoms with Gasteiger partial charge in [-0.3, -0.25) is 0 Å². The van der Waals surface area contributed by atoms with Gasteiger partial charge in [-0.2, -0.15) is 18.4 Å². The zero-order valence-corrected chi connectivity index (χ0v) is 15.1. The highest BCUT2D eigenvalue weighted by molar-refractivity contribution is 5.60. The van der Waals surface area contributed by atoms with E-state index < -0.39 is 11.7 Å². The van der Waals surface area contributed by atoms with Gasteiger partial charge in [-0.15, -0.1) is 0 Å². The Morgan fingerprint density at radius 3 is 2.69 bits per heavy atom. The van der Waals surface area contributed by atoms with Crippen LogP contribution >= 0.6 is 0 Å². The molecule has 0 spiro atoms. The maximum Gasteiger partial charge on any atom is 0.417 e. The van der Waals surface area contributed by atoms with Crippen LogP contribution in [0, 0.1) is 11.3 Å². The quantitative estimate of drug-likeness (QED) is 0.719. The van der Waals surface area contributed by atoms with Crippen LogP contribution in [0.5, 0.6) is 0 Å². The monoisotopic (exact) mass is 396 g/mol. The van der Waals surface area contributed by atoms with Crippen LogP contribution in [-0.2, 0) is 19.1 Å². The van der Waals surface area contributed by atoms with E-state index in [9.17, 15) is 13.2 Å². The normalized spacial score (nSPS) is 13.5. The Balaban J connectivity index is 1.62. The lowest BCUT2D eigenvalue weighted by atomic mass is 10.0. The van der Waals surface area contributed by atoms with Gasteiger partial charge < -0.3 is 10.2 Å². The Hall–Kier alpha value is -3.67. The number of fused-ring (bicyclic) bond motifs is 1. The van der Waals surface area contributed by atoms with Crippen molar-refractivity contribution in [2.24, 2.45) is 0 Å².